The Balaban J connectivity index is 1.62. The van der Waals surface area contributed by atoms with E-state index in [1.54, 1.807) is 24.3 Å². The Labute approximate surface area is 144 Å². The van der Waals surface area contributed by atoms with E-state index in [0.717, 1.165) is 0 Å². The number of nitrogens with one attached hydrogen (secondary N) is 2. The summed E-state index contributed by atoms with van der Waals surface area (Å²) in [5, 5.41) is 0. The number of hydrazine groups is 1. The summed E-state index contributed by atoms with van der Waals surface area (Å²) in [5.41, 5.74) is 2.14. The van der Waals surface area contributed by atoms with Crippen molar-refractivity contribution in [2.45, 2.75) is 11.0 Å². The quantitative estimate of drug-likeness (QED) is 0.763. The fraction of sp³-hybridized carbons (Fsp3) is 0.188. The predicted molar refractivity (Wildman–Crippen MR) is 87.8 cm³/mol. The van der Waals surface area contributed by atoms with Gasteiger partial charge >= 0.3 is 0 Å². The molecule has 2 N–H and O–H groups in total. The monoisotopic (exact) mass is 364 g/mol. The molecule has 3 rings (SSSR count). The van der Waals surface area contributed by atoms with Crippen LogP contribution in [0.3, 0.4) is 0 Å². The molecular formula is C16H16N2O6S. The first-order valence-electron chi connectivity index (χ1n) is 7.34. The number of fused-ring (bicyclic) bond motifs is 1. The third-order valence-electron chi connectivity index (χ3n) is 3.48. The lowest BCUT2D eigenvalue weighted by Crippen LogP contribution is -2.50. The summed E-state index contributed by atoms with van der Waals surface area (Å²) in [6, 6.07) is 12.6. The standard InChI is InChI=1S/C16H16N2O6S/c1-22-11-6-8-12(9-7-11)25(20,21)18-17-16(19)15-10-23-13-4-2-3-5-14(13)24-15/h2-9,15,18H,10H2,1H3,(H,17,19)/t15-/m0/s1. The van der Waals surface area contributed by atoms with Gasteiger partial charge in [0.25, 0.3) is 15.9 Å². The average Bonchev–Trinajstić information content (AvgIpc) is 2.65. The third-order valence-corrected chi connectivity index (χ3v) is 4.74. The molecule has 0 saturated carbocycles. The summed E-state index contributed by atoms with van der Waals surface area (Å²) in [7, 11) is -2.43. The van der Waals surface area contributed by atoms with Crippen molar-refractivity contribution in [1.29, 1.82) is 0 Å². The lowest BCUT2D eigenvalue weighted by Gasteiger charge is -2.25. The number of rotatable bonds is 5. The highest BCUT2D eigenvalue weighted by molar-refractivity contribution is 7.89. The van der Waals surface area contributed by atoms with Crippen LogP contribution in [-0.2, 0) is 14.8 Å². The van der Waals surface area contributed by atoms with Gasteiger partial charge in [0.1, 0.15) is 12.4 Å². The second-order valence-corrected chi connectivity index (χ2v) is 6.82. The molecule has 132 valence electrons. The average molecular weight is 364 g/mol. The summed E-state index contributed by atoms with van der Waals surface area (Å²) in [4.78, 5) is 14.1. The molecule has 1 aliphatic heterocycles. The fourth-order valence-electron chi connectivity index (χ4n) is 2.16. The molecule has 25 heavy (non-hydrogen) atoms. The largest absolute Gasteiger partial charge is 0.497 e. The summed E-state index contributed by atoms with van der Waals surface area (Å²) in [5.74, 6) is 0.818. The van der Waals surface area contributed by atoms with Gasteiger partial charge in [-0.05, 0) is 36.4 Å². The highest BCUT2D eigenvalue weighted by Crippen LogP contribution is 2.30. The van der Waals surface area contributed by atoms with Gasteiger partial charge in [-0.3, -0.25) is 10.2 Å². The van der Waals surface area contributed by atoms with Crippen LogP contribution in [-0.4, -0.2) is 34.1 Å². The maximum absolute atomic E-state index is 12.2. The molecule has 0 saturated heterocycles. The maximum atomic E-state index is 12.2. The summed E-state index contributed by atoms with van der Waals surface area (Å²) in [6.07, 6.45) is -0.964. The fourth-order valence-corrected chi connectivity index (χ4v) is 3.01. The van der Waals surface area contributed by atoms with Gasteiger partial charge in [0.15, 0.2) is 11.5 Å². The lowest BCUT2D eigenvalue weighted by molar-refractivity contribution is -0.130. The van der Waals surface area contributed by atoms with Gasteiger partial charge in [-0.2, -0.15) is 0 Å². The minimum Gasteiger partial charge on any atom is -0.497 e. The highest BCUT2D eigenvalue weighted by Gasteiger charge is 2.28. The zero-order chi connectivity index (χ0) is 17.9. The van der Waals surface area contributed by atoms with Crippen LogP contribution in [0.4, 0.5) is 0 Å². The van der Waals surface area contributed by atoms with Crippen molar-refractivity contribution in [3.05, 3.63) is 48.5 Å². The molecule has 0 fully saturated rings. The Morgan fingerprint density at radius 3 is 2.48 bits per heavy atom. The SMILES string of the molecule is COc1ccc(S(=O)(=O)NNC(=O)[C@@H]2COc3ccccc3O2)cc1. The van der Waals surface area contributed by atoms with Crippen LogP contribution in [0.1, 0.15) is 0 Å². The molecule has 1 aliphatic rings. The Morgan fingerprint density at radius 2 is 1.80 bits per heavy atom. The molecule has 1 amide bonds. The number of hydrogen-bond acceptors (Lipinski definition) is 6. The molecule has 0 aromatic heterocycles. The van der Waals surface area contributed by atoms with E-state index in [4.69, 9.17) is 14.2 Å². The zero-order valence-electron chi connectivity index (χ0n) is 13.3. The van der Waals surface area contributed by atoms with Crippen LogP contribution in [0.15, 0.2) is 53.4 Å². The normalized spacial score (nSPS) is 16.1. The maximum Gasteiger partial charge on any atom is 0.279 e. The molecule has 0 bridgehead atoms. The number of methoxy groups -OCH3 is 1. The minimum absolute atomic E-state index is 0.0141. The van der Waals surface area contributed by atoms with Gasteiger partial charge in [0.2, 0.25) is 6.10 Å². The molecule has 2 aromatic rings. The molecule has 0 radical (unpaired) electrons. The number of carbonyl (C=O) groups excluding carboxylic acids is 1. The Kier molecular flexibility index (Phi) is 4.77. The van der Waals surface area contributed by atoms with E-state index in [2.05, 4.69) is 5.43 Å². The van der Waals surface area contributed by atoms with E-state index >= 15 is 0 Å². The molecule has 2 aromatic carbocycles. The Hall–Kier alpha value is -2.78. The van der Waals surface area contributed by atoms with Crippen molar-refractivity contribution in [3.63, 3.8) is 0 Å². The number of sulfonamides is 1. The Morgan fingerprint density at radius 1 is 1.12 bits per heavy atom. The lowest BCUT2D eigenvalue weighted by atomic mass is 10.2. The molecule has 8 nitrogen and oxygen atoms in total. The first kappa shape index (κ1) is 17.1. The van der Waals surface area contributed by atoms with E-state index in [-0.39, 0.29) is 11.5 Å². The van der Waals surface area contributed by atoms with Gasteiger partial charge in [0.05, 0.1) is 12.0 Å². The first-order chi connectivity index (χ1) is 12.0. The van der Waals surface area contributed by atoms with Gasteiger partial charge < -0.3 is 14.2 Å². The minimum atomic E-state index is -3.91. The predicted octanol–water partition coefficient (Wildman–Crippen LogP) is 0.845. The van der Waals surface area contributed by atoms with E-state index in [1.807, 2.05) is 4.83 Å². The third kappa shape index (κ3) is 3.83. The number of carbonyl (C=O) groups is 1. The molecular weight excluding hydrogens is 348 g/mol. The zero-order valence-corrected chi connectivity index (χ0v) is 14.1. The molecule has 0 unspecified atom stereocenters. The summed E-state index contributed by atoms with van der Waals surface area (Å²) >= 11 is 0. The molecule has 1 heterocycles. The highest BCUT2D eigenvalue weighted by atomic mass is 32.2. The van der Waals surface area contributed by atoms with E-state index in [9.17, 15) is 13.2 Å². The van der Waals surface area contributed by atoms with E-state index in [0.29, 0.717) is 17.2 Å². The van der Waals surface area contributed by atoms with Gasteiger partial charge in [-0.1, -0.05) is 12.1 Å². The van der Waals surface area contributed by atoms with Gasteiger partial charge in [0, 0.05) is 0 Å². The van der Waals surface area contributed by atoms with Crippen LogP contribution < -0.4 is 24.5 Å². The van der Waals surface area contributed by atoms with Crippen molar-refractivity contribution >= 4 is 15.9 Å². The number of hydrogen-bond donors (Lipinski definition) is 2. The smallest absolute Gasteiger partial charge is 0.279 e. The molecule has 1 atom stereocenters. The van der Waals surface area contributed by atoms with Gasteiger partial charge in [-0.25, -0.2) is 8.42 Å². The van der Waals surface area contributed by atoms with Crippen LogP contribution in [0.25, 0.3) is 0 Å². The summed E-state index contributed by atoms with van der Waals surface area (Å²) < 4.78 is 40.3. The number of ether oxygens (including phenoxy) is 3. The van der Waals surface area contributed by atoms with Crippen LogP contribution in [0, 0.1) is 0 Å². The van der Waals surface area contributed by atoms with Crippen LogP contribution >= 0.6 is 0 Å². The second-order valence-electron chi connectivity index (χ2n) is 5.13. The van der Waals surface area contributed by atoms with Crippen LogP contribution in [0.2, 0.25) is 0 Å². The first-order valence-corrected chi connectivity index (χ1v) is 8.82. The number of amides is 1. The van der Waals surface area contributed by atoms with Crippen LogP contribution in [0.5, 0.6) is 17.2 Å². The molecule has 0 spiro atoms. The Bertz CT molecular complexity index is 866. The van der Waals surface area contributed by atoms with Crippen molar-refractivity contribution in [3.8, 4) is 17.2 Å². The van der Waals surface area contributed by atoms with Crippen molar-refractivity contribution in [2.24, 2.45) is 0 Å². The number of para-hydroxylation sites is 2. The van der Waals surface area contributed by atoms with Crippen molar-refractivity contribution in [2.75, 3.05) is 13.7 Å². The second kappa shape index (κ2) is 6.99. The summed E-state index contributed by atoms with van der Waals surface area (Å²) in [6.45, 7) is -0.0207. The molecule has 9 heteroatoms. The van der Waals surface area contributed by atoms with E-state index < -0.39 is 22.0 Å². The van der Waals surface area contributed by atoms with Crippen molar-refractivity contribution < 1.29 is 27.4 Å². The molecule has 0 aliphatic carbocycles. The van der Waals surface area contributed by atoms with E-state index in [1.165, 1.54) is 31.4 Å². The van der Waals surface area contributed by atoms with Crippen molar-refractivity contribution in [1.82, 2.24) is 10.3 Å². The number of benzene rings is 2. The van der Waals surface area contributed by atoms with Gasteiger partial charge in [-0.15, -0.1) is 4.83 Å². The topological polar surface area (TPSA) is 103 Å².